The van der Waals surface area contributed by atoms with Gasteiger partial charge in [0.1, 0.15) is 5.82 Å². The number of guanidine groups is 1. The monoisotopic (exact) mass is 552 g/mol. The van der Waals surface area contributed by atoms with Crippen molar-refractivity contribution < 1.29 is 9.47 Å². The third kappa shape index (κ3) is 7.25. The Labute approximate surface area is 206 Å². The van der Waals surface area contributed by atoms with E-state index in [1.807, 2.05) is 48.7 Å². The van der Waals surface area contributed by atoms with Gasteiger partial charge in [0.25, 0.3) is 0 Å². The first-order valence-corrected chi connectivity index (χ1v) is 10.9. The van der Waals surface area contributed by atoms with Gasteiger partial charge in [0.05, 0.1) is 13.2 Å². The second-order valence-electron chi connectivity index (χ2n) is 6.97. The van der Waals surface area contributed by atoms with Crippen LogP contribution in [-0.2, 0) is 12.8 Å². The summed E-state index contributed by atoms with van der Waals surface area (Å²) in [5, 5.41) is 15.2. The Bertz CT molecular complexity index is 992. The lowest BCUT2D eigenvalue weighted by Gasteiger charge is -2.14. The van der Waals surface area contributed by atoms with Crippen LogP contribution in [0.1, 0.15) is 31.7 Å². The van der Waals surface area contributed by atoms with Crippen molar-refractivity contribution in [2.24, 2.45) is 4.99 Å². The number of halogens is 1. The van der Waals surface area contributed by atoms with Crippen LogP contribution in [0.2, 0.25) is 0 Å². The molecule has 32 heavy (non-hydrogen) atoms. The molecule has 1 aromatic carbocycles. The molecule has 0 spiro atoms. The first-order valence-electron chi connectivity index (χ1n) is 10.9. The van der Waals surface area contributed by atoms with Crippen molar-refractivity contribution in [1.82, 2.24) is 25.2 Å². The average Bonchev–Trinajstić information content (AvgIpc) is 3.20. The molecule has 0 saturated carbocycles. The van der Waals surface area contributed by atoms with Crippen molar-refractivity contribution in [3.8, 4) is 11.5 Å². The number of rotatable bonds is 11. The van der Waals surface area contributed by atoms with E-state index in [1.54, 1.807) is 7.05 Å². The quantitative estimate of drug-likeness (QED) is 0.164. The Morgan fingerprint density at radius 1 is 0.969 bits per heavy atom. The summed E-state index contributed by atoms with van der Waals surface area (Å²) in [5.41, 5.74) is 2.07. The van der Waals surface area contributed by atoms with Crippen molar-refractivity contribution in [1.29, 1.82) is 0 Å². The largest absolute Gasteiger partial charge is 0.490 e. The zero-order valence-corrected chi connectivity index (χ0v) is 21.3. The molecule has 0 bridgehead atoms. The highest BCUT2D eigenvalue weighted by Gasteiger charge is 2.07. The summed E-state index contributed by atoms with van der Waals surface area (Å²) in [6.45, 7) is 6.76. The minimum absolute atomic E-state index is 0. The summed E-state index contributed by atoms with van der Waals surface area (Å²) < 4.78 is 13.4. The van der Waals surface area contributed by atoms with Crippen molar-refractivity contribution in [2.45, 2.75) is 33.1 Å². The van der Waals surface area contributed by atoms with Crippen molar-refractivity contribution in [3.63, 3.8) is 0 Å². The van der Waals surface area contributed by atoms with Gasteiger partial charge in [-0.25, -0.2) is 0 Å². The van der Waals surface area contributed by atoms with Gasteiger partial charge in [0, 0.05) is 32.8 Å². The maximum atomic E-state index is 5.71. The molecule has 0 aliphatic heterocycles. The molecule has 0 unspecified atom stereocenters. The van der Waals surface area contributed by atoms with Gasteiger partial charge < -0.3 is 20.1 Å². The lowest BCUT2D eigenvalue weighted by molar-refractivity contribution is 0.287. The van der Waals surface area contributed by atoms with Crippen LogP contribution in [0.4, 0.5) is 0 Å². The second-order valence-corrected chi connectivity index (χ2v) is 6.97. The molecular formula is C23H33IN6O2. The second kappa shape index (κ2) is 13.8. The van der Waals surface area contributed by atoms with Crippen LogP contribution in [-0.4, -0.2) is 53.9 Å². The van der Waals surface area contributed by atoms with E-state index in [4.69, 9.17) is 9.47 Å². The van der Waals surface area contributed by atoms with E-state index in [-0.39, 0.29) is 24.0 Å². The number of hydrogen-bond acceptors (Lipinski definition) is 5. The van der Waals surface area contributed by atoms with E-state index in [2.05, 4.69) is 38.0 Å². The highest BCUT2D eigenvalue weighted by molar-refractivity contribution is 14.0. The summed E-state index contributed by atoms with van der Waals surface area (Å²) in [6, 6.07) is 12.0. The van der Waals surface area contributed by atoms with Crippen LogP contribution in [0, 0.1) is 0 Å². The van der Waals surface area contributed by atoms with Crippen molar-refractivity contribution in [2.75, 3.05) is 33.4 Å². The first-order chi connectivity index (χ1) is 15.2. The van der Waals surface area contributed by atoms with Crippen LogP contribution >= 0.6 is 24.0 Å². The van der Waals surface area contributed by atoms with Crippen molar-refractivity contribution in [3.05, 3.63) is 54.0 Å². The Morgan fingerprint density at radius 3 is 2.53 bits per heavy atom. The van der Waals surface area contributed by atoms with E-state index in [0.29, 0.717) is 13.2 Å². The summed E-state index contributed by atoms with van der Waals surface area (Å²) in [5.74, 6) is 3.35. The molecule has 2 N–H and O–H groups in total. The topological polar surface area (TPSA) is 85.1 Å². The summed E-state index contributed by atoms with van der Waals surface area (Å²) in [6.07, 6.45) is 4.64. The predicted octanol–water partition coefficient (Wildman–Crippen LogP) is 3.49. The number of fused-ring (bicyclic) bond motifs is 1. The minimum Gasteiger partial charge on any atom is -0.490 e. The fourth-order valence-electron chi connectivity index (χ4n) is 3.31. The average molecular weight is 552 g/mol. The number of ether oxygens (including phenoxy) is 2. The Hall–Kier alpha value is -2.56. The van der Waals surface area contributed by atoms with Crippen LogP contribution < -0.4 is 20.1 Å². The molecule has 9 heteroatoms. The summed E-state index contributed by atoms with van der Waals surface area (Å²) in [7, 11) is 1.78. The zero-order valence-electron chi connectivity index (χ0n) is 19.0. The van der Waals surface area contributed by atoms with Gasteiger partial charge in [-0.1, -0.05) is 12.1 Å². The van der Waals surface area contributed by atoms with Crippen molar-refractivity contribution >= 4 is 35.6 Å². The maximum Gasteiger partial charge on any atom is 0.190 e. The molecule has 3 rings (SSSR count). The Balaban J connectivity index is 0.00000363. The lowest BCUT2D eigenvalue weighted by Crippen LogP contribution is -2.38. The number of aromatic nitrogens is 3. The molecule has 8 nitrogen and oxygen atoms in total. The van der Waals surface area contributed by atoms with Crippen LogP contribution in [0.5, 0.6) is 11.5 Å². The fraction of sp³-hybridized carbons (Fsp3) is 0.435. The number of nitrogens with one attached hydrogen (secondary N) is 2. The maximum absolute atomic E-state index is 5.71. The number of hydrogen-bond donors (Lipinski definition) is 2. The predicted molar refractivity (Wildman–Crippen MR) is 139 cm³/mol. The van der Waals surface area contributed by atoms with Gasteiger partial charge in [-0.2, -0.15) is 0 Å². The van der Waals surface area contributed by atoms with Crippen LogP contribution in [0.3, 0.4) is 0 Å². The van der Waals surface area contributed by atoms with E-state index >= 15 is 0 Å². The minimum atomic E-state index is 0. The van der Waals surface area contributed by atoms with E-state index in [9.17, 15) is 0 Å². The summed E-state index contributed by atoms with van der Waals surface area (Å²) in [4.78, 5) is 4.31. The number of nitrogens with zero attached hydrogens (tertiary/aromatic N) is 4. The molecular weight excluding hydrogens is 519 g/mol. The lowest BCUT2D eigenvalue weighted by atomic mass is 10.1. The van der Waals surface area contributed by atoms with Gasteiger partial charge in [-0.15, -0.1) is 34.2 Å². The number of benzene rings is 1. The third-order valence-electron chi connectivity index (χ3n) is 4.79. The molecule has 0 aliphatic carbocycles. The van der Waals surface area contributed by atoms with Gasteiger partial charge in [0.15, 0.2) is 23.1 Å². The molecule has 0 aliphatic rings. The molecule has 0 atom stereocenters. The number of aliphatic imine (C=N–C) groups is 1. The highest BCUT2D eigenvalue weighted by atomic mass is 127. The van der Waals surface area contributed by atoms with Gasteiger partial charge in [0.2, 0.25) is 0 Å². The molecule has 2 heterocycles. The molecule has 0 amide bonds. The molecule has 2 aromatic heterocycles. The zero-order chi connectivity index (χ0) is 21.9. The molecule has 0 fully saturated rings. The van der Waals surface area contributed by atoms with Gasteiger partial charge in [-0.3, -0.25) is 9.39 Å². The fourth-order valence-corrected chi connectivity index (χ4v) is 3.31. The summed E-state index contributed by atoms with van der Waals surface area (Å²) >= 11 is 0. The molecule has 0 radical (unpaired) electrons. The highest BCUT2D eigenvalue weighted by Crippen LogP contribution is 2.28. The van der Waals surface area contributed by atoms with E-state index in [1.165, 1.54) is 5.56 Å². The standard InChI is InChI=1S/C23H32N6O2.HI/c1-4-30-19-12-11-18(17-20(19)31-5-2)13-15-26-23(24-3)25-14-8-10-22-28-27-21-9-6-7-16-29(21)22;/h6-7,9,11-12,16-17H,4-5,8,10,13-15H2,1-3H3,(H2,24,25,26);1H. The normalized spacial score (nSPS) is 11.2. The number of pyridine rings is 1. The van der Waals surface area contributed by atoms with Gasteiger partial charge in [-0.05, 0) is 56.5 Å². The van der Waals surface area contributed by atoms with Crippen LogP contribution in [0.15, 0.2) is 47.6 Å². The molecule has 3 aromatic rings. The Morgan fingerprint density at radius 2 is 1.75 bits per heavy atom. The first kappa shape index (κ1) is 25.7. The third-order valence-corrected chi connectivity index (χ3v) is 4.79. The van der Waals surface area contributed by atoms with E-state index < -0.39 is 0 Å². The van der Waals surface area contributed by atoms with Crippen LogP contribution in [0.25, 0.3) is 5.65 Å². The smallest absolute Gasteiger partial charge is 0.190 e. The number of aryl methyl sites for hydroxylation is 1. The molecule has 0 saturated heterocycles. The SMILES string of the molecule is CCOc1ccc(CCNC(=NC)NCCCc2nnc3ccccn23)cc1OCC.I. The molecule has 174 valence electrons. The van der Waals surface area contributed by atoms with E-state index in [0.717, 1.165) is 61.3 Å². The Kier molecular flexibility index (Phi) is 11.1. The van der Waals surface area contributed by atoms with Gasteiger partial charge >= 0.3 is 0 Å².